The van der Waals surface area contributed by atoms with Gasteiger partial charge in [-0.2, -0.15) is 0 Å². The Morgan fingerprint density at radius 1 is 1.33 bits per heavy atom. The summed E-state index contributed by atoms with van der Waals surface area (Å²) in [7, 11) is 0. The van der Waals surface area contributed by atoms with Crippen molar-refractivity contribution in [2.45, 2.75) is 25.2 Å². The van der Waals surface area contributed by atoms with E-state index in [0.29, 0.717) is 5.92 Å². The second-order valence-corrected chi connectivity index (χ2v) is 5.22. The van der Waals surface area contributed by atoms with Crippen LogP contribution in [0.25, 0.3) is 10.1 Å². The molecule has 3 rings (SSSR count). The molecule has 2 aromatic rings. The Morgan fingerprint density at radius 2 is 2.27 bits per heavy atom. The molecule has 0 fully saturated rings. The Morgan fingerprint density at radius 3 is 3.13 bits per heavy atom. The van der Waals surface area contributed by atoms with E-state index in [-0.39, 0.29) is 0 Å². The molecule has 0 radical (unpaired) electrons. The first kappa shape index (κ1) is 9.37. The van der Waals surface area contributed by atoms with E-state index in [4.69, 9.17) is 5.73 Å². The summed E-state index contributed by atoms with van der Waals surface area (Å²) in [5, 5.41) is 3.58. The Balaban J connectivity index is 2.28. The molecule has 0 bridgehead atoms. The number of hydrogen-bond donors (Lipinski definition) is 1. The number of aryl methyl sites for hydroxylation is 1. The zero-order valence-corrected chi connectivity index (χ0v) is 9.52. The van der Waals surface area contributed by atoms with Crippen molar-refractivity contribution in [2.75, 3.05) is 6.54 Å². The number of fused-ring (bicyclic) bond motifs is 3. The third-order valence-corrected chi connectivity index (χ3v) is 4.41. The standard InChI is InChI=1S/C13H15NS/c14-8-11-3-1-2-9-4-5-10-6-7-15-13(10)12(9)11/h4-7,11H,1-3,8,14H2. The van der Waals surface area contributed by atoms with Crippen molar-refractivity contribution in [1.82, 2.24) is 0 Å². The van der Waals surface area contributed by atoms with Crippen LogP contribution in [0.4, 0.5) is 0 Å². The van der Waals surface area contributed by atoms with E-state index in [2.05, 4.69) is 23.6 Å². The first-order valence-electron chi connectivity index (χ1n) is 5.59. The molecule has 1 aromatic carbocycles. The Labute approximate surface area is 93.9 Å². The molecule has 1 unspecified atom stereocenters. The minimum Gasteiger partial charge on any atom is -0.330 e. The number of nitrogens with two attached hydrogens (primary N) is 1. The Kier molecular flexibility index (Phi) is 2.26. The number of benzene rings is 1. The highest BCUT2D eigenvalue weighted by Gasteiger charge is 2.21. The molecular formula is C13H15NS. The normalized spacial score (nSPS) is 20.5. The van der Waals surface area contributed by atoms with Gasteiger partial charge in [0, 0.05) is 4.70 Å². The van der Waals surface area contributed by atoms with Gasteiger partial charge >= 0.3 is 0 Å². The van der Waals surface area contributed by atoms with E-state index < -0.39 is 0 Å². The van der Waals surface area contributed by atoms with Crippen LogP contribution in [0.2, 0.25) is 0 Å². The predicted octanol–water partition coefficient (Wildman–Crippen LogP) is 3.28. The Hall–Kier alpha value is -0.860. The molecule has 1 nitrogen and oxygen atoms in total. The van der Waals surface area contributed by atoms with Gasteiger partial charge in [0.25, 0.3) is 0 Å². The van der Waals surface area contributed by atoms with Crippen molar-refractivity contribution in [3.63, 3.8) is 0 Å². The fraction of sp³-hybridized carbons (Fsp3) is 0.385. The average Bonchev–Trinajstić information content (AvgIpc) is 2.76. The molecule has 1 atom stereocenters. The van der Waals surface area contributed by atoms with Crippen LogP contribution in [0, 0.1) is 0 Å². The fourth-order valence-corrected chi connectivity index (χ4v) is 3.73. The van der Waals surface area contributed by atoms with Crippen LogP contribution in [-0.2, 0) is 6.42 Å². The molecule has 0 amide bonds. The van der Waals surface area contributed by atoms with Gasteiger partial charge in [-0.1, -0.05) is 12.1 Å². The van der Waals surface area contributed by atoms with Crippen LogP contribution in [0.5, 0.6) is 0 Å². The van der Waals surface area contributed by atoms with Crippen LogP contribution in [0.3, 0.4) is 0 Å². The van der Waals surface area contributed by atoms with Crippen LogP contribution >= 0.6 is 11.3 Å². The Bertz CT molecular complexity index is 486. The predicted molar refractivity (Wildman–Crippen MR) is 66.6 cm³/mol. The highest BCUT2D eigenvalue weighted by Crippen LogP contribution is 2.38. The average molecular weight is 217 g/mol. The molecule has 0 saturated carbocycles. The first-order chi connectivity index (χ1) is 7.40. The topological polar surface area (TPSA) is 26.0 Å². The highest BCUT2D eigenvalue weighted by molar-refractivity contribution is 7.17. The van der Waals surface area contributed by atoms with Crippen molar-refractivity contribution in [3.8, 4) is 0 Å². The summed E-state index contributed by atoms with van der Waals surface area (Å²) in [6, 6.07) is 6.76. The molecule has 1 heterocycles. The SMILES string of the molecule is NCC1CCCc2ccc3ccsc3c21. The summed E-state index contributed by atoms with van der Waals surface area (Å²) in [4.78, 5) is 0. The molecule has 15 heavy (non-hydrogen) atoms. The smallest absolute Gasteiger partial charge is 0.0380 e. The van der Waals surface area contributed by atoms with Crippen LogP contribution in [0.1, 0.15) is 29.9 Å². The van der Waals surface area contributed by atoms with Gasteiger partial charge in [0.05, 0.1) is 0 Å². The maximum atomic E-state index is 5.88. The van der Waals surface area contributed by atoms with E-state index in [1.165, 1.54) is 34.9 Å². The van der Waals surface area contributed by atoms with E-state index in [1.807, 2.05) is 11.3 Å². The van der Waals surface area contributed by atoms with Crippen LogP contribution in [-0.4, -0.2) is 6.54 Å². The molecule has 2 heteroatoms. The molecule has 2 N–H and O–H groups in total. The molecule has 0 spiro atoms. The first-order valence-corrected chi connectivity index (χ1v) is 6.47. The van der Waals surface area contributed by atoms with Gasteiger partial charge in [0.1, 0.15) is 0 Å². The van der Waals surface area contributed by atoms with Crippen molar-refractivity contribution in [2.24, 2.45) is 5.73 Å². The van der Waals surface area contributed by atoms with E-state index >= 15 is 0 Å². The number of hydrogen-bond acceptors (Lipinski definition) is 2. The van der Waals surface area contributed by atoms with Crippen LogP contribution in [0.15, 0.2) is 23.6 Å². The van der Waals surface area contributed by atoms with Gasteiger partial charge in [0.15, 0.2) is 0 Å². The van der Waals surface area contributed by atoms with Crippen molar-refractivity contribution < 1.29 is 0 Å². The summed E-state index contributed by atoms with van der Waals surface area (Å²) >= 11 is 1.87. The third-order valence-electron chi connectivity index (χ3n) is 3.44. The minimum absolute atomic E-state index is 0.594. The molecular weight excluding hydrogens is 202 g/mol. The summed E-state index contributed by atoms with van der Waals surface area (Å²) in [6.45, 7) is 0.796. The molecule has 1 aliphatic carbocycles. The van der Waals surface area contributed by atoms with E-state index in [1.54, 1.807) is 5.56 Å². The monoisotopic (exact) mass is 217 g/mol. The van der Waals surface area contributed by atoms with Crippen molar-refractivity contribution in [3.05, 3.63) is 34.7 Å². The quantitative estimate of drug-likeness (QED) is 0.779. The molecule has 0 aliphatic heterocycles. The molecule has 0 saturated heterocycles. The van der Waals surface area contributed by atoms with Gasteiger partial charge in [-0.25, -0.2) is 0 Å². The van der Waals surface area contributed by atoms with Gasteiger partial charge in [-0.3, -0.25) is 0 Å². The summed E-state index contributed by atoms with van der Waals surface area (Å²) in [6.07, 6.45) is 3.80. The molecule has 78 valence electrons. The molecule has 1 aromatic heterocycles. The second kappa shape index (κ2) is 3.62. The lowest BCUT2D eigenvalue weighted by Gasteiger charge is -2.24. The number of thiophene rings is 1. The van der Waals surface area contributed by atoms with Gasteiger partial charge in [-0.05, 0) is 59.7 Å². The zero-order valence-electron chi connectivity index (χ0n) is 8.70. The lowest BCUT2D eigenvalue weighted by Crippen LogP contribution is -2.18. The minimum atomic E-state index is 0.594. The summed E-state index contributed by atoms with van der Waals surface area (Å²) in [5.74, 6) is 0.594. The van der Waals surface area contributed by atoms with Gasteiger partial charge < -0.3 is 5.73 Å². The second-order valence-electron chi connectivity index (χ2n) is 4.30. The summed E-state index contributed by atoms with van der Waals surface area (Å²) in [5.41, 5.74) is 8.97. The van der Waals surface area contributed by atoms with Gasteiger partial charge in [0.2, 0.25) is 0 Å². The van der Waals surface area contributed by atoms with Gasteiger partial charge in [-0.15, -0.1) is 11.3 Å². The van der Waals surface area contributed by atoms with E-state index in [9.17, 15) is 0 Å². The lowest BCUT2D eigenvalue weighted by atomic mass is 9.82. The van der Waals surface area contributed by atoms with Crippen LogP contribution < -0.4 is 5.73 Å². The largest absolute Gasteiger partial charge is 0.330 e. The molecule has 1 aliphatic rings. The maximum absolute atomic E-state index is 5.88. The third kappa shape index (κ3) is 1.40. The lowest BCUT2D eigenvalue weighted by molar-refractivity contribution is 0.565. The maximum Gasteiger partial charge on any atom is 0.0380 e. The summed E-state index contributed by atoms with van der Waals surface area (Å²) < 4.78 is 1.47. The van der Waals surface area contributed by atoms with Crippen molar-refractivity contribution in [1.29, 1.82) is 0 Å². The highest BCUT2D eigenvalue weighted by atomic mass is 32.1. The van der Waals surface area contributed by atoms with Crippen molar-refractivity contribution >= 4 is 21.4 Å². The fourth-order valence-electron chi connectivity index (χ4n) is 2.68. The number of rotatable bonds is 1. The zero-order chi connectivity index (χ0) is 10.3. The van der Waals surface area contributed by atoms with E-state index in [0.717, 1.165) is 6.54 Å².